The summed E-state index contributed by atoms with van der Waals surface area (Å²) in [5, 5.41) is 7.37. The predicted octanol–water partition coefficient (Wildman–Crippen LogP) is 4.93. The summed E-state index contributed by atoms with van der Waals surface area (Å²) in [6.07, 6.45) is 6.66. The van der Waals surface area contributed by atoms with Crippen LogP contribution < -0.4 is 5.32 Å². The zero-order valence-corrected chi connectivity index (χ0v) is 17.3. The molecule has 2 heterocycles. The van der Waals surface area contributed by atoms with E-state index in [2.05, 4.69) is 39.7 Å². The summed E-state index contributed by atoms with van der Waals surface area (Å²) in [6, 6.07) is 18.2. The first kappa shape index (κ1) is 19.3. The smallest absolute Gasteiger partial charge is 0.407 e. The van der Waals surface area contributed by atoms with Crippen molar-refractivity contribution in [3.05, 3.63) is 94.9 Å². The number of ether oxygens (including phenoxy) is 1. The molecule has 0 bridgehead atoms. The van der Waals surface area contributed by atoms with Crippen LogP contribution in [-0.2, 0) is 4.74 Å². The molecule has 0 saturated heterocycles. The number of fused-ring (bicyclic) bond motifs is 4. The molecule has 0 atom stereocenters. The van der Waals surface area contributed by atoms with Gasteiger partial charge in [0.15, 0.2) is 5.65 Å². The molecule has 0 aliphatic heterocycles. The van der Waals surface area contributed by atoms with E-state index in [0.29, 0.717) is 24.0 Å². The minimum atomic E-state index is -0.451. The first-order chi connectivity index (χ1) is 15.2. The maximum Gasteiger partial charge on any atom is 0.407 e. The Balaban J connectivity index is 1.19. The van der Waals surface area contributed by atoms with Gasteiger partial charge in [0.1, 0.15) is 11.8 Å². The normalized spacial score (nSPS) is 12.8. The van der Waals surface area contributed by atoms with Gasteiger partial charge in [-0.1, -0.05) is 72.3 Å². The lowest BCUT2D eigenvalue weighted by Gasteiger charge is -2.14. The van der Waals surface area contributed by atoms with E-state index in [9.17, 15) is 4.79 Å². The van der Waals surface area contributed by atoms with Crippen LogP contribution in [0, 0.1) is 0 Å². The van der Waals surface area contributed by atoms with Crippen LogP contribution in [0.1, 0.15) is 22.6 Å². The van der Waals surface area contributed by atoms with Crippen LogP contribution in [0.2, 0.25) is 5.15 Å². The second kappa shape index (κ2) is 8.24. The molecule has 1 aliphatic carbocycles. The molecule has 4 aromatic rings. The van der Waals surface area contributed by atoms with E-state index in [1.54, 1.807) is 23.0 Å². The summed E-state index contributed by atoms with van der Waals surface area (Å²) in [6.45, 7) is 0.620. The molecule has 0 unspecified atom stereocenters. The Morgan fingerprint density at radius 2 is 1.81 bits per heavy atom. The maximum absolute atomic E-state index is 12.2. The third-order valence-corrected chi connectivity index (χ3v) is 5.58. The lowest BCUT2D eigenvalue weighted by molar-refractivity contribution is 0.144. The van der Waals surface area contributed by atoms with E-state index in [-0.39, 0.29) is 5.92 Å². The fourth-order valence-electron chi connectivity index (χ4n) is 3.96. The van der Waals surface area contributed by atoms with Gasteiger partial charge in [0.05, 0.1) is 6.20 Å². The van der Waals surface area contributed by atoms with Gasteiger partial charge >= 0.3 is 6.09 Å². The van der Waals surface area contributed by atoms with Crippen molar-refractivity contribution in [1.82, 2.24) is 19.9 Å². The summed E-state index contributed by atoms with van der Waals surface area (Å²) < 4.78 is 7.18. The second-order valence-electron chi connectivity index (χ2n) is 7.23. The van der Waals surface area contributed by atoms with Gasteiger partial charge in [-0.25, -0.2) is 14.3 Å². The third kappa shape index (κ3) is 3.78. The molecule has 0 fully saturated rings. The van der Waals surface area contributed by atoms with Crippen molar-refractivity contribution in [1.29, 1.82) is 0 Å². The number of carbonyl (C=O) groups is 1. The number of halogens is 1. The van der Waals surface area contributed by atoms with Gasteiger partial charge in [0.25, 0.3) is 0 Å². The summed E-state index contributed by atoms with van der Waals surface area (Å²) in [5.41, 5.74) is 6.27. The maximum atomic E-state index is 12.2. The summed E-state index contributed by atoms with van der Waals surface area (Å²) in [4.78, 5) is 16.5. The van der Waals surface area contributed by atoms with Crippen LogP contribution in [0.5, 0.6) is 0 Å². The molecule has 154 valence electrons. The fourth-order valence-corrected chi connectivity index (χ4v) is 4.10. The third-order valence-electron chi connectivity index (χ3n) is 5.37. The molecule has 5 rings (SSSR count). The Labute approximate surface area is 184 Å². The summed E-state index contributed by atoms with van der Waals surface area (Å²) in [7, 11) is 0. The number of nitrogens with zero attached hydrogens (tertiary/aromatic N) is 3. The number of rotatable bonds is 5. The second-order valence-corrected chi connectivity index (χ2v) is 7.61. The SMILES string of the molecule is O=C(NCC=Cc1cnn2ccc(Cl)nc12)OCC1c2ccccc2-c2ccccc21. The number of hydrogen-bond donors (Lipinski definition) is 1. The quantitative estimate of drug-likeness (QED) is 0.455. The van der Waals surface area contributed by atoms with Gasteiger partial charge in [-0.3, -0.25) is 0 Å². The van der Waals surface area contributed by atoms with Gasteiger partial charge in [0.2, 0.25) is 0 Å². The zero-order chi connectivity index (χ0) is 21.2. The van der Waals surface area contributed by atoms with Crippen molar-refractivity contribution in [2.45, 2.75) is 5.92 Å². The first-order valence-corrected chi connectivity index (χ1v) is 10.3. The highest BCUT2D eigenvalue weighted by Crippen LogP contribution is 2.44. The number of amides is 1. The molecular weight excluding hydrogens is 412 g/mol. The zero-order valence-electron chi connectivity index (χ0n) is 16.5. The van der Waals surface area contributed by atoms with Crippen molar-refractivity contribution in [2.75, 3.05) is 13.2 Å². The van der Waals surface area contributed by atoms with Gasteiger partial charge < -0.3 is 10.1 Å². The topological polar surface area (TPSA) is 68.5 Å². The standard InChI is InChI=1S/C24H19ClN4O2/c25-22-11-13-29-23(28-22)16(14-27-29)6-5-12-26-24(30)31-15-21-19-9-3-1-7-17(19)18-8-2-4-10-20(18)21/h1-11,13-14,21H,12,15H2,(H,26,30). The van der Waals surface area contributed by atoms with Gasteiger partial charge in [-0.15, -0.1) is 0 Å². The Kier molecular flexibility index (Phi) is 5.14. The first-order valence-electron chi connectivity index (χ1n) is 9.96. The highest BCUT2D eigenvalue weighted by atomic mass is 35.5. The predicted molar refractivity (Wildman–Crippen MR) is 120 cm³/mol. The summed E-state index contributed by atoms with van der Waals surface area (Å²) >= 11 is 5.95. The fraction of sp³-hybridized carbons (Fsp3) is 0.125. The minimum absolute atomic E-state index is 0.0447. The molecular formula is C24H19ClN4O2. The molecule has 6 nitrogen and oxygen atoms in total. The molecule has 0 saturated carbocycles. The van der Waals surface area contributed by atoms with Crippen molar-refractivity contribution < 1.29 is 9.53 Å². The minimum Gasteiger partial charge on any atom is -0.449 e. The number of alkyl carbamates (subject to hydrolysis) is 1. The number of carbonyl (C=O) groups excluding carboxylic acids is 1. The highest BCUT2D eigenvalue weighted by molar-refractivity contribution is 6.29. The average molecular weight is 431 g/mol. The van der Waals surface area contributed by atoms with Crippen LogP contribution in [-0.4, -0.2) is 33.8 Å². The lowest BCUT2D eigenvalue weighted by atomic mass is 9.98. The van der Waals surface area contributed by atoms with Gasteiger partial charge in [-0.2, -0.15) is 5.10 Å². The van der Waals surface area contributed by atoms with E-state index in [1.807, 2.05) is 36.4 Å². The van der Waals surface area contributed by atoms with Gasteiger partial charge in [-0.05, 0) is 28.3 Å². The molecule has 1 amide bonds. The van der Waals surface area contributed by atoms with Crippen molar-refractivity contribution in [3.8, 4) is 11.1 Å². The van der Waals surface area contributed by atoms with Crippen LogP contribution in [0.4, 0.5) is 4.79 Å². The highest BCUT2D eigenvalue weighted by Gasteiger charge is 2.28. The molecule has 1 N–H and O–H groups in total. The van der Waals surface area contributed by atoms with Crippen molar-refractivity contribution in [2.24, 2.45) is 0 Å². The molecule has 31 heavy (non-hydrogen) atoms. The Bertz CT molecular complexity index is 1250. The number of aromatic nitrogens is 3. The van der Waals surface area contributed by atoms with Crippen LogP contribution >= 0.6 is 11.6 Å². The van der Waals surface area contributed by atoms with E-state index >= 15 is 0 Å². The Morgan fingerprint density at radius 1 is 1.10 bits per heavy atom. The lowest BCUT2D eigenvalue weighted by Crippen LogP contribution is -2.26. The van der Waals surface area contributed by atoms with Crippen molar-refractivity contribution >= 4 is 29.4 Å². The van der Waals surface area contributed by atoms with Crippen LogP contribution in [0.25, 0.3) is 22.9 Å². The van der Waals surface area contributed by atoms with Crippen LogP contribution in [0.3, 0.4) is 0 Å². The molecule has 2 aromatic heterocycles. The number of benzene rings is 2. The molecule has 7 heteroatoms. The van der Waals surface area contributed by atoms with E-state index in [0.717, 1.165) is 5.56 Å². The molecule has 2 aromatic carbocycles. The number of nitrogens with one attached hydrogen (secondary N) is 1. The van der Waals surface area contributed by atoms with E-state index in [1.165, 1.54) is 22.3 Å². The van der Waals surface area contributed by atoms with Crippen molar-refractivity contribution in [3.63, 3.8) is 0 Å². The molecule has 0 spiro atoms. The van der Waals surface area contributed by atoms with Gasteiger partial charge in [0, 0.05) is 24.2 Å². The largest absolute Gasteiger partial charge is 0.449 e. The Hall–Kier alpha value is -3.64. The monoisotopic (exact) mass is 430 g/mol. The van der Waals surface area contributed by atoms with Crippen LogP contribution in [0.15, 0.2) is 73.1 Å². The Morgan fingerprint density at radius 3 is 2.55 bits per heavy atom. The number of hydrogen-bond acceptors (Lipinski definition) is 4. The molecule has 1 aliphatic rings. The average Bonchev–Trinajstić information content (AvgIpc) is 3.34. The molecule has 0 radical (unpaired) electrons. The summed E-state index contributed by atoms with van der Waals surface area (Å²) in [5.74, 6) is 0.0447. The van der Waals surface area contributed by atoms with E-state index in [4.69, 9.17) is 16.3 Å². The van der Waals surface area contributed by atoms with E-state index < -0.39 is 6.09 Å².